The molecule has 0 unspecified atom stereocenters. The standard InChI is InChI=1S/C26H45NO21/c1-6(31)27-11-16(36)12(32)7(2-28)44-24(11)48-22-18(38)14(34)9(4-30)46-26(22)42-5-10-15(35)21(20(40)23(41)43-10)47-25-19(39)17(37)13(33)8(3-29)45-25/h7-26,28-30,32-41H,2-5H2,1H3,(H,27,31)/t7-,8-,9-,10-,11-,12-,13-,14-,15-,16-,17+,18+,19+,20+,21+,22+,23+,24+,25-,26+/m1/s1. The number of aliphatic hydroxyl groups excluding tert-OH is 13. The Morgan fingerprint density at radius 1 is 0.542 bits per heavy atom. The number of hydrogen-bond acceptors (Lipinski definition) is 21. The summed E-state index contributed by atoms with van der Waals surface area (Å²) in [6, 6.07) is -1.48. The fourth-order valence-corrected chi connectivity index (χ4v) is 5.82. The van der Waals surface area contributed by atoms with E-state index in [1.807, 2.05) is 0 Å². The lowest BCUT2D eigenvalue weighted by molar-refractivity contribution is -0.371. The van der Waals surface area contributed by atoms with Crippen LogP contribution in [0, 0.1) is 0 Å². The molecule has 0 aromatic carbocycles. The number of hydrogen-bond donors (Lipinski definition) is 14. The lowest BCUT2D eigenvalue weighted by Crippen LogP contribution is -2.68. The fraction of sp³-hybridized carbons (Fsp3) is 0.962. The van der Waals surface area contributed by atoms with Crippen LogP contribution in [0.25, 0.3) is 0 Å². The van der Waals surface area contributed by atoms with Crippen LogP contribution in [-0.4, -0.2) is 221 Å². The van der Waals surface area contributed by atoms with E-state index in [-0.39, 0.29) is 0 Å². The summed E-state index contributed by atoms with van der Waals surface area (Å²) in [7, 11) is 0. The van der Waals surface area contributed by atoms with Gasteiger partial charge in [0, 0.05) is 6.92 Å². The summed E-state index contributed by atoms with van der Waals surface area (Å²) in [6.45, 7) is -2.11. The molecule has 48 heavy (non-hydrogen) atoms. The van der Waals surface area contributed by atoms with Crippen molar-refractivity contribution in [3.63, 3.8) is 0 Å². The van der Waals surface area contributed by atoms with Gasteiger partial charge < -0.3 is 105 Å². The fourth-order valence-electron chi connectivity index (χ4n) is 5.82. The first-order valence-corrected chi connectivity index (χ1v) is 15.1. The van der Waals surface area contributed by atoms with Gasteiger partial charge in [-0.15, -0.1) is 0 Å². The molecule has 14 N–H and O–H groups in total. The second kappa shape index (κ2) is 16.8. The molecule has 280 valence electrons. The van der Waals surface area contributed by atoms with Crippen LogP contribution in [-0.2, 0) is 38.0 Å². The summed E-state index contributed by atoms with van der Waals surface area (Å²) in [6.07, 6.45) is -33.3. The largest absolute Gasteiger partial charge is 0.394 e. The van der Waals surface area contributed by atoms with Gasteiger partial charge in [-0.3, -0.25) is 4.79 Å². The lowest BCUT2D eigenvalue weighted by atomic mass is 9.95. The summed E-state index contributed by atoms with van der Waals surface area (Å²) < 4.78 is 38.4. The van der Waals surface area contributed by atoms with Crippen LogP contribution in [0.3, 0.4) is 0 Å². The molecule has 20 atom stereocenters. The maximum absolute atomic E-state index is 11.8. The third kappa shape index (κ3) is 8.24. The average molecular weight is 708 g/mol. The third-order valence-corrected chi connectivity index (χ3v) is 8.59. The molecule has 4 heterocycles. The normalized spacial score (nSPS) is 50.2. The van der Waals surface area contributed by atoms with E-state index >= 15 is 0 Å². The second-order valence-corrected chi connectivity index (χ2v) is 11.9. The van der Waals surface area contributed by atoms with Crippen LogP contribution in [0.2, 0.25) is 0 Å². The number of amides is 1. The highest BCUT2D eigenvalue weighted by molar-refractivity contribution is 5.73. The number of ether oxygens (including phenoxy) is 7. The van der Waals surface area contributed by atoms with E-state index in [1.165, 1.54) is 0 Å². The number of carbonyl (C=O) groups is 1. The molecule has 22 heteroatoms. The minimum atomic E-state index is -2.05. The molecule has 0 radical (unpaired) electrons. The molecule has 4 rings (SSSR count). The molecule has 0 aromatic rings. The number of nitrogens with one attached hydrogen (secondary N) is 1. The van der Waals surface area contributed by atoms with Gasteiger partial charge in [0.25, 0.3) is 0 Å². The third-order valence-electron chi connectivity index (χ3n) is 8.59. The Morgan fingerprint density at radius 2 is 1.04 bits per heavy atom. The Morgan fingerprint density at radius 3 is 1.60 bits per heavy atom. The maximum Gasteiger partial charge on any atom is 0.217 e. The molecule has 22 nitrogen and oxygen atoms in total. The molecule has 0 bridgehead atoms. The van der Waals surface area contributed by atoms with E-state index in [9.17, 15) is 71.2 Å². The van der Waals surface area contributed by atoms with Gasteiger partial charge >= 0.3 is 0 Å². The summed E-state index contributed by atoms with van der Waals surface area (Å²) in [5, 5.41) is 136. The van der Waals surface area contributed by atoms with Gasteiger partial charge in [0.05, 0.1) is 26.4 Å². The molecule has 4 fully saturated rings. The monoisotopic (exact) mass is 707 g/mol. The van der Waals surface area contributed by atoms with Crippen LogP contribution in [0.1, 0.15) is 6.92 Å². The highest BCUT2D eigenvalue weighted by Gasteiger charge is 2.54. The molecule has 0 saturated carbocycles. The quantitative estimate of drug-likeness (QED) is 0.0947. The number of aliphatic hydroxyl groups is 13. The first-order chi connectivity index (χ1) is 22.6. The summed E-state index contributed by atoms with van der Waals surface area (Å²) in [4.78, 5) is 11.8. The zero-order chi connectivity index (χ0) is 35.6. The summed E-state index contributed by atoms with van der Waals surface area (Å²) in [5.41, 5.74) is 0. The Kier molecular flexibility index (Phi) is 13.8. The van der Waals surface area contributed by atoms with Crippen LogP contribution < -0.4 is 5.32 Å². The molecular weight excluding hydrogens is 662 g/mol. The predicted octanol–water partition coefficient (Wildman–Crippen LogP) is -9.61. The Bertz CT molecular complexity index is 1030. The van der Waals surface area contributed by atoms with E-state index in [0.29, 0.717) is 0 Å². The number of rotatable bonds is 11. The second-order valence-electron chi connectivity index (χ2n) is 11.9. The van der Waals surface area contributed by atoms with Crippen molar-refractivity contribution < 1.29 is 104 Å². The molecule has 0 aliphatic carbocycles. The number of carbonyl (C=O) groups excluding carboxylic acids is 1. The van der Waals surface area contributed by atoms with Crippen LogP contribution in [0.4, 0.5) is 0 Å². The van der Waals surface area contributed by atoms with Crippen LogP contribution >= 0.6 is 0 Å². The van der Waals surface area contributed by atoms with Crippen molar-refractivity contribution in [2.45, 2.75) is 130 Å². The van der Waals surface area contributed by atoms with Crippen LogP contribution in [0.5, 0.6) is 0 Å². The van der Waals surface area contributed by atoms with Crippen molar-refractivity contribution in [2.24, 2.45) is 0 Å². The van der Waals surface area contributed by atoms with E-state index in [2.05, 4.69) is 5.32 Å². The van der Waals surface area contributed by atoms with E-state index in [4.69, 9.17) is 33.2 Å². The zero-order valence-corrected chi connectivity index (χ0v) is 25.5. The van der Waals surface area contributed by atoms with Crippen molar-refractivity contribution in [1.82, 2.24) is 5.32 Å². The SMILES string of the molecule is CC(=O)N[C@H]1[C@H](O[C@@H]2[C@@H](OC[C@H]3O[C@H](O)[C@@H](O)[C@@H](O[C@H]4O[C@H](CO)[C@@H](O)[C@H](O)[C@@H]4O)[C@@H]3O)O[C@H](CO)[C@@H](O)[C@@H]2O)O[C@H](CO)[C@@H](O)[C@@H]1O. The van der Waals surface area contributed by atoms with Gasteiger partial charge in [-0.25, -0.2) is 0 Å². The maximum atomic E-state index is 11.8. The van der Waals surface area contributed by atoms with Gasteiger partial charge in [0.1, 0.15) is 97.6 Å². The molecule has 0 aromatic heterocycles. The Hall–Kier alpha value is -1.33. The van der Waals surface area contributed by atoms with Crippen molar-refractivity contribution in [1.29, 1.82) is 0 Å². The van der Waals surface area contributed by atoms with Crippen molar-refractivity contribution >= 4 is 5.91 Å². The Labute approximate surface area is 272 Å². The van der Waals surface area contributed by atoms with Gasteiger partial charge in [0.15, 0.2) is 25.2 Å². The van der Waals surface area contributed by atoms with Crippen LogP contribution in [0.15, 0.2) is 0 Å². The average Bonchev–Trinajstić information content (AvgIpc) is 3.06. The molecule has 1 amide bonds. The van der Waals surface area contributed by atoms with Crippen molar-refractivity contribution in [3.8, 4) is 0 Å². The van der Waals surface area contributed by atoms with Gasteiger partial charge in [-0.05, 0) is 0 Å². The lowest BCUT2D eigenvalue weighted by Gasteiger charge is -2.47. The highest BCUT2D eigenvalue weighted by atomic mass is 16.8. The zero-order valence-electron chi connectivity index (χ0n) is 25.5. The van der Waals surface area contributed by atoms with E-state index < -0.39 is 155 Å². The summed E-state index contributed by atoms with van der Waals surface area (Å²) in [5.74, 6) is -0.691. The molecular formula is C26H45NO21. The first kappa shape index (κ1) is 39.5. The predicted molar refractivity (Wildman–Crippen MR) is 145 cm³/mol. The summed E-state index contributed by atoms with van der Waals surface area (Å²) >= 11 is 0. The molecule has 4 aliphatic rings. The Balaban J connectivity index is 1.51. The van der Waals surface area contributed by atoms with E-state index in [1.54, 1.807) is 0 Å². The van der Waals surface area contributed by atoms with E-state index in [0.717, 1.165) is 6.92 Å². The van der Waals surface area contributed by atoms with Gasteiger partial charge in [-0.2, -0.15) is 0 Å². The minimum Gasteiger partial charge on any atom is -0.394 e. The molecule has 4 saturated heterocycles. The molecule has 4 aliphatic heterocycles. The smallest absolute Gasteiger partial charge is 0.217 e. The first-order valence-electron chi connectivity index (χ1n) is 15.1. The van der Waals surface area contributed by atoms with Crippen molar-refractivity contribution in [2.75, 3.05) is 26.4 Å². The van der Waals surface area contributed by atoms with Crippen molar-refractivity contribution in [3.05, 3.63) is 0 Å². The minimum absolute atomic E-state index is 0.691. The topological polar surface area (TPSA) is 357 Å². The highest BCUT2D eigenvalue weighted by Crippen LogP contribution is 2.32. The van der Waals surface area contributed by atoms with Gasteiger partial charge in [-0.1, -0.05) is 0 Å². The van der Waals surface area contributed by atoms with Gasteiger partial charge in [0.2, 0.25) is 5.91 Å². The molecule has 0 spiro atoms.